The van der Waals surface area contributed by atoms with Gasteiger partial charge in [-0.15, -0.1) is 0 Å². The van der Waals surface area contributed by atoms with Crippen LogP contribution in [0.15, 0.2) is 12.3 Å². The second-order valence-electron chi connectivity index (χ2n) is 3.33. The molecule has 0 amide bonds. The standard InChI is InChI=1S/C9H12ClN3O/c1-14-7-4-13(5-7)9-8(11)2-6(10)3-12-9/h2-3,7H,4-5,11H2,1H3. The van der Waals surface area contributed by atoms with Crippen molar-refractivity contribution in [2.45, 2.75) is 6.10 Å². The van der Waals surface area contributed by atoms with Crippen molar-refractivity contribution in [3.63, 3.8) is 0 Å². The molecule has 0 aromatic carbocycles. The minimum absolute atomic E-state index is 0.298. The molecule has 1 saturated heterocycles. The molecular weight excluding hydrogens is 202 g/mol. The molecule has 0 saturated carbocycles. The van der Waals surface area contributed by atoms with Gasteiger partial charge in [0, 0.05) is 26.4 Å². The second-order valence-corrected chi connectivity index (χ2v) is 3.77. The van der Waals surface area contributed by atoms with E-state index in [-0.39, 0.29) is 0 Å². The van der Waals surface area contributed by atoms with Crippen LogP contribution in [-0.4, -0.2) is 31.3 Å². The summed E-state index contributed by atoms with van der Waals surface area (Å²) in [6.45, 7) is 1.69. The minimum Gasteiger partial charge on any atom is -0.396 e. The molecule has 1 aliphatic heterocycles. The van der Waals surface area contributed by atoms with Crippen molar-refractivity contribution in [2.75, 3.05) is 30.8 Å². The second kappa shape index (κ2) is 3.63. The number of rotatable bonds is 2. The maximum absolute atomic E-state index is 5.79. The fourth-order valence-electron chi connectivity index (χ4n) is 1.47. The summed E-state index contributed by atoms with van der Waals surface area (Å²) in [5.74, 6) is 0.794. The van der Waals surface area contributed by atoms with E-state index in [1.54, 1.807) is 19.4 Å². The Hall–Kier alpha value is -1.00. The largest absolute Gasteiger partial charge is 0.396 e. The van der Waals surface area contributed by atoms with Crippen molar-refractivity contribution in [3.05, 3.63) is 17.3 Å². The number of methoxy groups -OCH3 is 1. The summed E-state index contributed by atoms with van der Waals surface area (Å²) < 4.78 is 5.17. The molecule has 2 heterocycles. The van der Waals surface area contributed by atoms with Crippen LogP contribution in [0.5, 0.6) is 0 Å². The molecule has 0 radical (unpaired) electrons. The van der Waals surface area contributed by atoms with Crippen molar-refractivity contribution in [1.82, 2.24) is 4.98 Å². The van der Waals surface area contributed by atoms with E-state index >= 15 is 0 Å². The number of halogens is 1. The monoisotopic (exact) mass is 213 g/mol. The summed E-state index contributed by atoms with van der Waals surface area (Å²) in [5, 5.41) is 0.565. The normalized spacial score (nSPS) is 16.9. The van der Waals surface area contributed by atoms with E-state index in [4.69, 9.17) is 22.1 Å². The molecule has 1 aromatic rings. The zero-order valence-electron chi connectivity index (χ0n) is 7.90. The van der Waals surface area contributed by atoms with E-state index < -0.39 is 0 Å². The SMILES string of the molecule is COC1CN(c2ncc(Cl)cc2N)C1. The molecule has 4 nitrogen and oxygen atoms in total. The summed E-state index contributed by atoms with van der Waals surface area (Å²) >= 11 is 5.75. The topological polar surface area (TPSA) is 51.4 Å². The number of ether oxygens (including phenoxy) is 1. The predicted molar refractivity (Wildman–Crippen MR) is 56.7 cm³/mol. The third-order valence-corrected chi connectivity index (χ3v) is 2.55. The van der Waals surface area contributed by atoms with Crippen molar-refractivity contribution in [1.29, 1.82) is 0 Å². The van der Waals surface area contributed by atoms with Crippen LogP contribution in [-0.2, 0) is 4.74 Å². The summed E-state index contributed by atoms with van der Waals surface area (Å²) in [6.07, 6.45) is 1.90. The van der Waals surface area contributed by atoms with Crippen LogP contribution >= 0.6 is 11.6 Å². The first-order valence-electron chi connectivity index (χ1n) is 4.39. The molecule has 1 aromatic heterocycles. The van der Waals surface area contributed by atoms with Crippen LogP contribution in [0.2, 0.25) is 5.02 Å². The zero-order chi connectivity index (χ0) is 10.1. The number of nitrogen functional groups attached to an aromatic ring is 1. The van der Waals surface area contributed by atoms with Crippen LogP contribution in [0.1, 0.15) is 0 Å². The number of anilines is 2. The zero-order valence-corrected chi connectivity index (χ0v) is 8.66. The molecule has 1 fully saturated rings. The summed E-state index contributed by atoms with van der Waals surface area (Å²) in [6, 6.07) is 1.71. The lowest BCUT2D eigenvalue weighted by Crippen LogP contribution is -2.52. The molecule has 1 aliphatic rings. The quantitative estimate of drug-likeness (QED) is 0.801. The van der Waals surface area contributed by atoms with Crippen molar-refractivity contribution >= 4 is 23.1 Å². The molecule has 14 heavy (non-hydrogen) atoms. The highest BCUT2D eigenvalue weighted by atomic mass is 35.5. The molecule has 0 bridgehead atoms. The molecule has 0 aliphatic carbocycles. The van der Waals surface area contributed by atoms with Crippen LogP contribution in [0.4, 0.5) is 11.5 Å². The lowest BCUT2D eigenvalue weighted by molar-refractivity contribution is 0.0784. The highest BCUT2D eigenvalue weighted by Gasteiger charge is 2.28. The van der Waals surface area contributed by atoms with E-state index in [9.17, 15) is 0 Å². The summed E-state index contributed by atoms with van der Waals surface area (Å²) in [4.78, 5) is 6.25. The first-order valence-corrected chi connectivity index (χ1v) is 4.77. The van der Waals surface area contributed by atoms with Crippen molar-refractivity contribution < 1.29 is 4.74 Å². The van der Waals surface area contributed by atoms with Gasteiger partial charge >= 0.3 is 0 Å². The Morgan fingerprint density at radius 1 is 1.64 bits per heavy atom. The predicted octanol–water partition coefficient (Wildman–Crippen LogP) is 1.15. The molecule has 76 valence electrons. The van der Waals surface area contributed by atoms with E-state index in [0.717, 1.165) is 18.9 Å². The van der Waals surface area contributed by atoms with Gasteiger partial charge in [-0.2, -0.15) is 0 Å². The van der Waals surface area contributed by atoms with Crippen molar-refractivity contribution in [2.24, 2.45) is 0 Å². The van der Waals surface area contributed by atoms with Crippen molar-refractivity contribution in [3.8, 4) is 0 Å². The van der Waals surface area contributed by atoms with E-state index in [1.165, 1.54) is 0 Å². The van der Waals surface area contributed by atoms with Gasteiger partial charge in [-0.05, 0) is 6.07 Å². The number of nitrogens with zero attached hydrogens (tertiary/aromatic N) is 2. The molecule has 0 unspecified atom stereocenters. The van der Waals surface area contributed by atoms with Gasteiger partial charge < -0.3 is 15.4 Å². The van der Waals surface area contributed by atoms with Gasteiger partial charge in [-0.25, -0.2) is 4.98 Å². The maximum atomic E-state index is 5.79. The number of aromatic nitrogens is 1. The molecule has 2 N–H and O–H groups in total. The van der Waals surface area contributed by atoms with Gasteiger partial charge in [-0.3, -0.25) is 0 Å². The van der Waals surface area contributed by atoms with E-state index in [1.807, 2.05) is 0 Å². The Morgan fingerprint density at radius 2 is 2.36 bits per heavy atom. The van der Waals surface area contributed by atoms with E-state index in [0.29, 0.717) is 16.8 Å². The molecular formula is C9H12ClN3O. The number of pyridine rings is 1. The molecule has 0 spiro atoms. The Labute approximate surface area is 87.6 Å². The number of hydrogen-bond acceptors (Lipinski definition) is 4. The number of nitrogens with two attached hydrogens (primary N) is 1. The first-order chi connectivity index (χ1) is 6.70. The van der Waals surface area contributed by atoms with Gasteiger partial charge in [0.2, 0.25) is 0 Å². The van der Waals surface area contributed by atoms with Crippen LogP contribution in [0.25, 0.3) is 0 Å². The van der Waals surface area contributed by atoms with Crippen LogP contribution in [0.3, 0.4) is 0 Å². The summed E-state index contributed by atoms with van der Waals surface area (Å²) in [5.41, 5.74) is 6.41. The van der Waals surface area contributed by atoms with Gasteiger partial charge in [0.15, 0.2) is 5.82 Å². The average Bonchev–Trinajstić information content (AvgIpc) is 2.06. The van der Waals surface area contributed by atoms with E-state index in [2.05, 4.69) is 9.88 Å². The Balaban J connectivity index is 2.11. The Morgan fingerprint density at radius 3 is 2.93 bits per heavy atom. The summed E-state index contributed by atoms with van der Waals surface area (Å²) in [7, 11) is 1.71. The number of hydrogen-bond donors (Lipinski definition) is 1. The highest BCUT2D eigenvalue weighted by molar-refractivity contribution is 6.30. The first kappa shape index (κ1) is 9.55. The van der Waals surface area contributed by atoms with Gasteiger partial charge in [0.05, 0.1) is 16.8 Å². The molecule has 0 atom stereocenters. The maximum Gasteiger partial charge on any atom is 0.152 e. The van der Waals surface area contributed by atoms with Gasteiger partial charge in [-0.1, -0.05) is 11.6 Å². The smallest absolute Gasteiger partial charge is 0.152 e. The average molecular weight is 214 g/mol. The molecule has 5 heteroatoms. The highest BCUT2D eigenvalue weighted by Crippen LogP contribution is 2.27. The lowest BCUT2D eigenvalue weighted by Gasteiger charge is -2.39. The van der Waals surface area contributed by atoms with Crippen LogP contribution < -0.4 is 10.6 Å². The van der Waals surface area contributed by atoms with Gasteiger partial charge in [0.1, 0.15) is 0 Å². The Kier molecular flexibility index (Phi) is 2.48. The third kappa shape index (κ3) is 1.63. The lowest BCUT2D eigenvalue weighted by atomic mass is 10.1. The fourth-order valence-corrected chi connectivity index (χ4v) is 1.64. The fraction of sp³-hybridized carbons (Fsp3) is 0.444. The van der Waals surface area contributed by atoms with Gasteiger partial charge in [0.25, 0.3) is 0 Å². The molecule has 2 rings (SSSR count). The Bertz CT molecular complexity index is 339. The van der Waals surface area contributed by atoms with Crippen LogP contribution in [0, 0.1) is 0 Å². The third-order valence-electron chi connectivity index (χ3n) is 2.34. The minimum atomic E-state index is 0.298.